The molecule has 3 atom stereocenters. The second kappa shape index (κ2) is 5.57. The molecule has 0 radical (unpaired) electrons. The summed E-state index contributed by atoms with van der Waals surface area (Å²) in [7, 11) is -0.221. The quantitative estimate of drug-likeness (QED) is 0.474. The normalized spacial score (nSPS) is 33.3. The van der Waals surface area contributed by atoms with Crippen LogP contribution in [-0.4, -0.2) is 25.4 Å². The van der Waals surface area contributed by atoms with Crippen LogP contribution in [0.2, 0.25) is 6.04 Å². The van der Waals surface area contributed by atoms with E-state index in [2.05, 4.69) is 36.7 Å². The van der Waals surface area contributed by atoms with Crippen LogP contribution in [-0.2, 0) is 4.43 Å². The molecule has 2 nitrogen and oxygen atoms in total. The Morgan fingerprint density at radius 2 is 2.06 bits per heavy atom. The minimum absolute atomic E-state index is 0.0885. The lowest BCUT2D eigenvalue weighted by molar-refractivity contribution is 0.207. The molecule has 1 aromatic rings. The molecule has 1 aliphatic rings. The molecule has 0 saturated carbocycles. The van der Waals surface area contributed by atoms with Gasteiger partial charge in [0, 0.05) is 12.1 Å². The van der Waals surface area contributed by atoms with Gasteiger partial charge in [-0.3, -0.25) is 4.57 Å². The fourth-order valence-electron chi connectivity index (χ4n) is 2.33. The molecule has 0 spiro atoms. The third-order valence-corrected chi connectivity index (χ3v) is 7.96. The highest BCUT2D eigenvalue weighted by molar-refractivity contribution is 7.15. The van der Waals surface area contributed by atoms with E-state index in [0.29, 0.717) is 6.04 Å². The van der Waals surface area contributed by atoms with Gasteiger partial charge in [-0.1, -0.05) is 42.5 Å². The number of likely N-dealkylation sites (N-methyl/N-ethyl adjacent to an activating group) is 1. The molecule has 2 rings (SSSR count). The summed E-state index contributed by atoms with van der Waals surface area (Å²) in [4.78, 5) is 0. The number of nitrogens with zero attached hydrogens (tertiary/aromatic N) is 1. The van der Waals surface area contributed by atoms with Crippen molar-refractivity contribution in [2.75, 3.05) is 7.05 Å². The van der Waals surface area contributed by atoms with Crippen molar-refractivity contribution in [1.29, 1.82) is 0 Å². The largest absolute Gasteiger partial charge is 0.383 e. The molecular formula is C14H20ClNOSi. The van der Waals surface area contributed by atoms with Crippen molar-refractivity contribution < 1.29 is 4.43 Å². The Morgan fingerprint density at radius 3 is 2.67 bits per heavy atom. The number of halogens is 1. The predicted octanol–water partition coefficient (Wildman–Crippen LogP) is 3.83. The molecule has 1 aromatic carbocycles. The van der Waals surface area contributed by atoms with E-state index >= 15 is 0 Å². The lowest BCUT2D eigenvalue weighted by atomic mass is 10.0. The van der Waals surface area contributed by atoms with Crippen molar-refractivity contribution in [2.24, 2.45) is 0 Å². The zero-order chi connectivity index (χ0) is 13.2. The van der Waals surface area contributed by atoms with E-state index in [1.54, 1.807) is 0 Å². The summed E-state index contributed by atoms with van der Waals surface area (Å²) in [5.41, 5.74) is 1.22. The van der Waals surface area contributed by atoms with Crippen LogP contribution >= 0.6 is 11.1 Å². The number of benzene rings is 1. The molecule has 0 amide bonds. The van der Waals surface area contributed by atoms with Gasteiger partial charge in [0.15, 0.2) is 0 Å². The Kier molecular flexibility index (Phi) is 4.28. The van der Waals surface area contributed by atoms with Gasteiger partial charge in [-0.05, 0) is 26.5 Å². The lowest BCUT2D eigenvalue weighted by Crippen LogP contribution is -2.44. The van der Waals surface area contributed by atoms with Crippen molar-refractivity contribution in [2.45, 2.75) is 32.0 Å². The van der Waals surface area contributed by atoms with Crippen molar-refractivity contribution in [3.8, 4) is 0 Å². The standard InChI is InChI=1S/C14H20ClNOSi/c1-4-5-11-18(15)16(3)12(2)14(17-18)13-9-7-6-8-10-13/h4-10,12,14H,11H2,1-3H3/t12-,14+,18+/m1/s1. The van der Waals surface area contributed by atoms with Gasteiger partial charge in [0.25, 0.3) is 0 Å². The summed E-state index contributed by atoms with van der Waals surface area (Å²) in [6, 6.07) is 11.5. The maximum absolute atomic E-state index is 6.73. The van der Waals surface area contributed by atoms with Gasteiger partial charge >= 0.3 is 7.79 Å². The highest BCUT2D eigenvalue weighted by Gasteiger charge is 2.51. The highest BCUT2D eigenvalue weighted by atomic mass is 35.6. The molecule has 1 saturated heterocycles. The van der Waals surface area contributed by atoms with Gasteiger partial charge in [0.1, 0.15) is 0 Å². The first-order chi connectivity index (χ1) is 8.58. The number of rotatable bonds is 3. The summed E-state index contributed by atoms with van der Waals surface area (Å²) < 4.78 is 8.48. The van der Waals surface area contributed by atoms with Crippen molar-refractivity contribution in [3.63, 3.8) is 0 Å². The Labute approximate surface area is 115 Å². The molecule has 4 heteroatoms. The predicted molar refractivity (Wildman–Crippen MR) is 78.7 cm³/mol. The van der Waals surface area contributed by atoms with E-state index in [-0.39, 0.29) is 6.10 Å². The lowest BCUT2D eigenvalue weighted by Gasteiger charge is -2.25. The van der Waals surface area contributed by atoms with E-state index in [1.165, 1.54) is 5.56 Å². The topological polar surface area (TPSA) is 12.5 Å². The second-order valence-corrected chi connectivity index (χ2v) is 9.26. The molecule has 0 N–H and O–H groups in total. The Bertz CT molecular complexity index is 425. The van der Waals surface area contributed by atoms with Crippen molar-refractivity contribution in [3.05, 3.63) is 48.0 Å². The van der Waals surface area contributed by atoms with Crippen molar-refractivity contribution >= 4 is 18.9 Å². The van der Waals surface area contributed by atoms with E-state index in [9.17, 15) is 0 Å². The molecular weight excluding hydrogens is 262 g/mol. The molecule has 1 heterocycles. The van der Waals surface area contributed by atoms with Gasteiger partial charge in [-0.25, -0.2) is 0 Å². The monoisotopic (exact) mass is 281 g/mol. The SMILES string of the molecule is CC=CC[Si@@]1(Cl)O[C@H](c2ccccc2)[C@@H](C)N1C. The average Bonchev–Trinajstić information content (AvgIpc) is 2.63. The number of allylic oxidation sites excluding steroid dienone is 2. The van der Waals surface area contributed by atoms with E-state index < -0.39 is 7.79 Å². The summed E-state index contributed by atoms with van der Waals surface area (Å²) >= 11 is 6.73. The summed E-state index contributed by atoms with van der Waals surface area (Å²) in [5, 5.41) is 0. The fourth-order valence-corrected chi connectivity index (χ4v) is 5.89. The second-order valence-electron chi connectivity index (χ2n) is 4.76. The molecule has 1 fully saturated rings. The van der Waals surface area contributed by atoms with Gasteiger partial charge in [-0.2, -0.15) is 0 Å². The molecule has 0 aromatic heterocycles. The van der Waals surface area contributed by atoms with Gasteiger partial charge in [-0.15, -0.1) is 11.1 Å². The third-order valence-electron chi connectivity index (χ3n) is 3.62. The van der Waals surface area contributed by atoms with Crippen LogP contribution in [0, 0.1) is 0 Å². The summed E-state index contributed by atoms with van der Waals surface area (Å²) in [6.45, 7) is 4.20. The highest BCUT2D eigenvalue weighted by Crippen LogP contribution is 2.41. The first-order valence-corrected chi connectivity index (χ1v) is 9.41. The van der Waals surface area contributed by atoms with Crippen LogP contribution in [0.3, 0.4) is 0 Å². The molecule has 1 aliphatic heterocycles. The molecule has 0 unspecified atom stereocenters. The van der Waals surface area contributed by atoms with Crippen LogP contribution < -0.4 is 0 Å². The molecule has 98 valence electrons. The van der Waals surface area contributed by atoms with E-state index in [4.69, 9.17) is 15.5 Å². The maximum Gasteiger partial charge on any atom is 0.377 e. The van der Waals surface area contributed by atoms with Gasteiger partial charge < -0.3 is 4.43 Å². The van der Waals surface area contributed by atoms with Gasteiger partial charge in [0.2, 0.25) is 0 Å². The van der Waals surface area contributed by atoms with Crippen LogP contribution in [0.25, 0.3) is 0 Å². The minimum Gasteiger partial charge on any atom is -0.383 e. The number of hydrogen-bond donors (Lipinski definition) is 0. The van der Waals surface area contributed by atoms with Crippen LogP contribution in [0.4, 0.5) is 0 Å². The van der Waals surface area contributed by atoms with E-state index in [1.807, 2.05) is 31.2 Å². The minimum atomic E-state index is -2.30. The Hall–Kier alpha value is -0.613. The van der Waals surface area contributed by atoms with Gasteiger partial charge in [0.05, 0.1) is 6.10 Å². The fraction of sp³-hybridized carbons (Fsp3) is 0.429. The summed E-state index contributed by atoms with van der Waals surface area (Å²) in [6.07, 6.45) is 4.23. The third kappa shape index (κ3) is 2.54. The smallest absolute Gasteiger partial charge is 0.377 e. The first kappa shape index (κ1) is 13.8. The zero-order valence-corrected chi connectivity index (χ0v) is 12.9. The van der Waals surface area contributed by atoms with Crippen LogP contribution in [0.15, 0.2) is 42.5 Å². The number of hydrogen-bond acceptors (Lipinski definition) is 2. The van der Waals surface area contributed by atoms with E-state index in [0.717, 1.165) is 6.04 Å². The zero-order valence-electron chi connectivity index (χ0n) is 11.1. The first-order valence-electron chi connectivity index (χ1n) is 6.34. The van der Waals surface area contributed by atoms with Crippen molar-refractivity contribution in [1.82, 2.24) is 4.57 Å². The van der Waals surface area contributed by atoms with Crippen LogP contribution in [0.1, 0.15) is 25.5 Å². The Morgan fingerprint density at radius 1 is 1.39 bits per heavy atom. The van der Waals surface area contributed by atoms with Crippen LogP contribution in [0.5, 0.6) is 0 Å². The molecule has 0 aliphatic carbocycles. The molecule has 18 heavy (non-hydrogen) atoms. The average molecular weight is 282 g/mol. The maximum atomic E-state index is 6.73. The Balaban J connectivity index is 2.22. The molecule has 0 bridgehead atoms. The summed E-state index contributed by atoms with van der Waals surface area (Å²) in [5.74, 6) is 0.